The molecule has 0 aliphatic carbocycles. The number of aromatic nitrogens is 3. The van der Waals surface area contributed by atoms with Gasteiger partial charge < -0.3 is 19.1 Å². The molecule has 4 heterocycles. The van der Waals surface area contributed by atoms with Crippen LogP contribution in [0.5, 0.6) is 11.5 Å². The number of methoxy groups -OCH3 is 1. The minimum atomic E-state index is -1.02. The highest BCUT2D eigenvalue weighted by atomic mass is 19.1. The van der Waals surface area contributed by atoms with E-state index in [-0.39, 0.29) is 0 Å². The second-order valence-electron chi connectivity index (χ2n) is 8.45. The Morgan fingerprint density at radius 3 is 2.88 bits per heavy atom. The fraction of sp³-hybridized carbons (Fsp3) is 0.385. The van der Waals surface area contributed by atoms with Crippen molar-refractivity contribution < 1.29 is 18.6 Å². The van der Waals surface area contributed by atoms with E-state index in [1.165, 1.54) is 0 Å². The third kappa shape index (κ3) is 4.56. The highest BCUT2D eigenvalue weighted by Crippen LogP contribution is 2.30. The molecule has 2 atom stereocenters. The molecule has 3 aromatic heterocycles. The number of halogens is 1. The number of hydrogen-bond acceptors (Lipinski definition) is 6. The van der Waals surface area contributed by atoms with Gasteiger partial charge in [-0.05, 0) is 31.2 Å². The zero-order valence-corrected chi connectivity index (χ0v) is 19.5. The first kappa shape index (κ1) is 22.6. The van der Waals surface area contributed by atoms with Crippen molar-refractivity contribution in [2.45, 2.75) is 25.6 Å². The second-order valence-corrected chi connectivity index (χ2v) is 8.45. The lowest BCUT2D eigenvalue weighted by atomic mass is 10.1. The fourth-order valence-corrected chi connectivity index (χ4v) is 4.37. The van der Waals surface area contributed by atoms with Crippen molar-refractivity contribution in [1.82, 2.24) is 19.3 Å². The van der Waals surface area contributed by atoms with Gasteiger partial charge in [0, 0.05) is 37.8 Å². The molecule has 0 saturated carbocycles. The summed E-state index contributed by atoms with van der Waals surface area (Å²) in [5, 5.41) is 0.949. The Hall–Kier alpha value is -3.23. The van der Waals surface area contributed by atoms with Gasteiger partial charge in [-0.2, -0.15) is 0 Å². The molecular weight excluding hydrogens is 435 g/mol. The van der Waals surface area contributed by atoms with Crippen molar-refractivity contribution in [3.8, 4) is 22.9 Å². The lowest BCUT2D eigenvalue weighted by Gasteiger charge is -2.34. The van der Waals surface area contributed by atoms with Crippen LogP contribution < -0.4 is 9.47 Å². The van der Waals surface area contributed by atoms with Crippen LogP contribution >= 0.6 is 0 Å². The summed E-state index contributed by atoms with van der Waals surface area (Å²) < 4.78 is 33.6. The first-order valence-electron chi connectivity index (χ1n) is 11.7. The van der Waals surface area contributed by atoms with Crippen LogP contribution in [0, 0.1) is 0 Å². The maximum absolute atomic E-state index is 14.8. The number of alkyl halides is 1. The Bertz CT molecular complexity index is 1280. The lowest BCUT2D eigenvalue weighted by molar-refractivity contribution is 0.0247. The number of pyridine rings is 2. The van der Waals surface area contributed by atoms with Crippen molar-refractivity contribution in [3.63, 3.8) is 0 Å². The van der Waals surface area contributed by atoms with E-state index in [1.54, 1.807) is 13.3 Å². The zero-order chi connectivity index (χ0) is 23.5. The monoisotopic (exact) mass is 464 g/mol. The largest absolute Gasteiger partial charge is 0.491 e. The first-order valence-corrected chi connectivity index (χ1v) is 11.7. The minimum Gasteiger partial charge on any atom is -0.491 e. The third-order valence-electron chi connectivity index (χ3n) is 6.28. The molecule has 1 aliphatic rings. The van der Waals surface area contributed by atoms with Crippen molar-refractivity contribution in [3.05, 3.63) is 54.9 Å². The Balaban J connectivity index is 1.43. The second kappa shape index (κ2) is 9.95. The van der Waals surface area contributed by atoms with Gasteiger partial charge in [0.15, 0.2) is 0 Å². The van der Waals surface area contributed by atoms with Crippen molar-refractivity contribution in [2.24, 2.45) is 0 Å². The summed E-state index contributed by atoms with van der Waals surface area (Å²) in [5.41, 5.74) is 3.11. The SMILES string of the molecule is CCN1CCC(Oc2cccc3ccc(-c4cnc5cc(OCCOC)ccn45)nc23)[C@@H](F)C1. The maximum Gasteiger partial charge on any atom is 0.149 e. The van der Waals surface area contributed by atoms with Crippen molar-refractivity contribution >= 4 is 16.6 Å². The minimum absolute atomic E-state index is 0.406. The standard InChI is InChI=1S/C26H29FN4O3/c1-3-30-11-10-23(20(27)17-30)34-24-6-4-5-18-7-8-21(29-26(18)24)22-16-28-25-15-19(9-12-31(22)25)33-14-13-32-2/h4-9,12,15-16,20,23H,3,10-11,13-14,17H2,1-2H3/t20-,23?/m0/s1. The zero-order valence-electron chi connectivity index (χ0n) is 19.5. The summed E-state index contributed by atoms with van der Waals surface area (Å²) in [4.78, 5) is 11.6. The van der Waals surface area contributed by atoms with Gasteiger partial charge in [-0.1, -0.05) is 25.1 Å². The molecule has 0 radical (unpaired) electrons. The smallest absolute Gasteiger partial charge is 0.149 e. The molecule has 0 spiro atoms. The van der Waals surface area contributed by atoms with E-state index in [9.17, 15) is 4.39 Å². The molecule has 0 amide bonds. The maximum atomic E-state index is 14.8. The molecule has 7 nitrogen and oxygen atoms in total. The van der Waals surface area contributed by atoms with Crippen LogP contribution in [0.25, 0.3) is 27.9 Å². The van der Waals surface area contributed by atoms with E-state index in [0.29, 0.717) is 31.9 Å². The molecule has 4 aromatic rings. The summed E-state index contributed by atoms with van der Waals surface area (Å²) in [6, 6.07) is 13.5. The normalized spacial score (nSPS) is 19.0. The van der Waals surface area contributed by atoms with Crippen LogP contribution in [0.1, 0.15) is 13.3 Å². The van der Waals surface area contributed by atoms with Crippen LogP contribution in [0.3, 0.4) is 0 Å². The van der Waals surface area contributed by atoms with Crippen LogP contribution in [-0.4, -0.2) is 71.5 Å². The average Bonchev–Trinajstić information content (AvgIpc) is 3.28. The van der Waals surface area contributed by atoms with Crippen LogP contribution in [0.15, 0.2) is 54.9 Å². The van der Waals surface area contributed by atoms with E-state index in [4.69, 9.17) is 19.2 Å². The molecule has 0 N–H and O–H groups in total. The Labute approximate surface area is 198 Å². The van der Waals surface area contributed by atoms with Crippen molar-refractivity contribution in [1.29, 1.82) is 0 Å². The van der Waals surface area contributed by atoms with Gasteiger partial charge in [-0.25, -0.2) is 14.4 Å². The predicted molar refractivity (Wildman–Crippen MR) is 129 cm³/mol. The molecule has 34 heavy (non-hydrogen) atoms. The lowest BCUT2D eigenvalue weighted by Crippen LogP contribution is -2.46. The number of para-hydroxylation sites is 1. The van der Waals surface area contributed by atoms with Gasteiger partial charge in [0.05, 0.1) is 24.2 Å². The quantitative estimate of drug-likeness (QED) is 0.361. The number of rotatable bonds is 8. The summed E-state index contributed by atoms with van der Waals surface area (Å²) in [6.07, 6.45) is 2.89. The van der Waals surface area contributed by atoms with Gasteiger partial charge in [-0.15, -0.1) is 0 Å². The van der Waals surface area contributed by atoms with Gasteiger partial charge >= 0.3 is 0 Å². The molecule has 0 bridgehead atoms. The first-order chi connectivity index (χ1) is 16.7. The molecule has 1 saturated heterocycles. The molecule has 178 valence electrons. The Morgan fingerprint density at radius 2 is 2.06 bits per heavy atom. The van der Waals surface area contributed by atoms with Gasteiger partial charge in [0.2, 0.25) is 0 Å². The molecule has 1 unspecified atom stereocenters. The van der Waals surface area contributed by atoms with Gasteiger partial charge in [0.1, 0.15) is 41.5 Å². The Kier molecular flexibility index (Phi) is 6.60. The summed E-state index contributed by atoms with van der Waals surface area (Å²) in [7, 11) is 1.64. The number of benzene rings is 1. The van der Waals surface area contributed by atoms with Crippen LogP contribution in [0.2, 0.25) is 0 Å². The van der Waals surface area contributed by atoms with E-state index in [1.807, 2.05) is 53.1 Å². The molecule has 1 aromatic carbocycles. The highest BCUT2D eigenvalue weighted by molar-refractivity contribution is 5.86. The number of imidazole rings is 1. The number of likely N-dealkylation sites (tertiary alicyclic amines) is 1. The Morgan fingerprint density at radius 1 is 1.15 bits per heavy atom. The molecule has 5 rings (SSSR count). The van der Waals surface area contributed by atoms with Crippen LogP contribution in [0.4, 0.5) is 4.39 Å². The topological polar surface area (TPSA) is 61.1 Å². The molecule has 8 heteroatoms. The van der Waals surface area contributed by atoms with Crippen LogP contribution in [-0.2, 0) is 4.74 Å². The molecular formula is C26H29FN4O3. The number of nitrogens with zero attached hydrogens (tertiary/aromatic N) is 4. The summed E-state index contributed by atoms with van der Waals surface area (Å²) >= 11 is 0. The average molecular weight is 465 g/mol. The summed E-state index contributed by atoms with van der Waals surface area (Å²) in [5.74, 6) is 1.35. The molecule has 1 fully saturated rings. The third-order valence-corrected chi connectivity index (χ3v) is 6.28. The van der Waals surface area contributed by atoms with E-state index in [2.05, 4.69) is 16.8 Å². The highest BCUT2D eigenvalue weighted by Gasteiger charge is 2.30. The number of piperidine rings is 1. The van der Waals surface area contributed by atoms with Crippen molar-refractivity contribution in [2.75, 3.05) is 40.0 Å². The number of ether oxygens (including phenoxy) is 3. The van der Waals surface area contributed by atoms with Gasteiger partial charge in [-0.3, -0.25) is 4.40 Å². The van der Waals surface area contributed by atoms with E-state index < -0.39 is 12.3 Å². The fourth-order valence-electron chi connectivity index (χ4n) is 4.37. The summed E-state index contributed by atoms with van der Waals surface area (Å²) in [6.45, 7) is 5.16. The van der Waals surface area contributed by atoms with E-state index in [0.717, 1.165) is 46.8 Å². The predicted octanol–water partition coefficient (Wildman–Crippen LogP) is 4.39. The van der Waals surface area contributed by atoms with Gasteiger partial charge in [0.25, 0.3) is 0 Å². The van der Waals surface area contributed by atoms with E-state index >= 15 is 0 Å². The number of hydrogen-bond donors (Lipinski definition) is 0. The molecule has 1 aliphatic heterocycles. The number of fused-ring (bicyclic) bond motifs is 2.